The Bertz CT molecular complexity index is 593. The number of carboxylic acid groups (broad SMARTS) is 1. The zero-order valence-corrected chi connectivity index (χ0v) is 13.7. The molecule has 0 spiro atoms. The van der Waals surface area contributed by atoms with E-state index < -0.39 is 5.97 Å². The third-order valence-electron chi connectivity index (χ3n) is 4.07. The fraction of sp³-hybridized carbons (Fsp3) is 0.562. The number of ketones is 1. The van der Waals surface area contributed by atoms with Gasteiger partial charge in [-0.3, -0.25) is 14.4 Å². The lowest BCUT2D eigenvalue weighted by Gasteiger charge is -2.12. The molecule has 0 saturated heterocycles. The number of nitrogens with one attached hydrogen (secondary N) is 1. The third kappa shape index (κ3) is 4.16. The molecular formula is C16H21NO4S. The summed E-state index contributed by atoms with van der Waals surface area (Å²) in [5.74, 6) is -1.33. The molecule has 0 aliphatic heterocycles. The Morgan fingerprint density at radius 3 is 2.55 bits per heavy atom. The highest BCUT2D eigenvalue weighted by Gasteiger charge is 2.30. The Balaban J connectivity index is 1.77. The SMILES string of the molecule is Cc1cc(C(=O)CCC(=O)N[C@@H]2CC[C@H](C(=O)O)C2)c(C)s1. The molecule has 2 N–H and O–H groups in total. The van der Waals surface area contributed by atoms with Crippen molar-refractivity contribution in [1.29, 1.82) is 0 Å². The molecule has 1 aliphatic carbocycles. The molecule has 0 radical (unpaired) electrons. The number of hydrogen-bond donors (Lipinski definition) is 2. The van der Waals surface area contributed by atoms with Gasteiger partial charge in [0.15, 0.2) is 5.78 Å². The predicted molar refractivity (Wildman–Crippen MR) is 84.3 cm³/mol. The molecule has 1 heterocycles. The van der Waals surface area contributed by atoms with E-state index in [9.17, 15) is 14.4 Å². The van der Waals surface area contributed by atoms with Crippen LogP contribution in [0.5, 0.6) is 0 Å². The van der Waals surface area contributed by atoms with Crippen molar-refractivity contribution >= 4 is 29.0 Å². The largest absolute Gasteiger partial charge is 0.481 e. The molecule has 1 saturated carbocycles. The molecule has 5 nitrogen and oxygen atoms in total. The molecule has 0 aromatic carbocycles. The summed E-state index contributed by atoms with van der Waals surface area (Å²) in [7, 11) is 0. The molecule has 1 fully saturated rings. The average Bonchev–Trinajstić information content (AvgIpc) is 3.03. The summed E-state index contributed by atoms with van der Waals surface area (Å²) < 4.78 is 0. The van der Waals surface area contributed by atoms with Gasteiger partial charge < -0.3 is 10.4 Å². The topological polar surface area (TPSA) is 83.5 Å². The molecule has 120 valence electrons. The lowest BCUT2D eigenvalue weighted by Crippen LogP contribution is -2.33. The van der Waals surface area contributed by atoms with Crippen LogP contribution in [0.1, 0.15) is 52.2 Å². The molecular weight excluding hydrogens is 302 g/mol. The number of aryl methyl sites for hydroxylation is 2. The first-order valence-corrected chi connectivity index (χ1v) is 8.31. The van der Waals surface area contributed by atoms with Crippen molar-refractivity contribution in [3.8, 4) is 0 Å². The summed E-state index contributed by atoms with van der Waals surface area (Å²) in [4.78, 5) is 37.0. The minimum atomic E-state index is -0.796. The van der Waals surface area contributed by atoms with Crippen molar-refractivity contribution in [2.45, 2.75) is 52.0 Å². The maximum atomic E-state index is 12.1. The monoisotopic (exact) mass is 323 g/mol. The van der Waals surface area contributed by atoms with Crippen LogP contribution in [0.4, 0.5) is 0 Å². The van der Waals surface area contributed by atoms with Crippen molar-refractivity contribution < 1.29 is 19.5 Å². The highest BCUT2D eigenvalue weighted by molar-refractivity contribution is 7.12. The molecule has 1 amide bonds. The van der Waals surface area contributed by atoms with Crippen LogP contribution in [0.15, 0.2) is 6.07 Å². The van der Waals surface area contributed by atoms with Crippen LogP contribution in [0.3, 0.4) is 0 Å². The standard InChI is InChI=1S/C16H21NO4S/c1-9-7-13(10(2)22-9)14(18)5-6-15(19)17-12-4-3-11(8-12)16(20)21/h7,11-12H,3-6,8H2,1-2H3,(H,17,19)(H,20,21)/t11-,12+/m0/s1. The van der Waals surface area contributed by atoms with E-state index in [1.165, 1.54) is 0 Å². The minimum absolute atomic E-state index is 0.00756. The van der Waals surface area contributed by atoms with Crippen LogP contribution < -0.4 is 5.32 Å². The van der Waals surface area contributed by atoms with Gasteiger partial charge in [0, 0.05) is 34.2 Å². The van der Waals surface area contributed by atoms with Gasteiger partial charge in [0.25, 0.3) is 0 Å². The predicted octanol–water partition coefficient (Wildman–Crippen LogP) is 2.70. The Kier molecular flexibility index (Phi) is 5.34. The van der Waals surface area contributed by atoms with E-state index in [-0.39, 0.29) is 36.5 Å². The van der Waals surface area contributed by atoms with Crippen molar-refractivity contribution in [2.75, 3.05) is 0 Å². The van der Waals surface area contributed by atoms with Gasteiger partial charge in [-0.1, -0.05) is 0 Å². The van der Waals surface area contributed by atoms with E-state index in [0.29, 0.717) is 24.8 Å². The molecule has 1 aliphatic rings. The minimum Gasteiger partial charge on any atom is -0.481 e. The molecule has 0 unspecified atom stereocenters. The summed E-state index contributed by atoms with van der Waals surface area (Å²) in [5.41, 5.74) is 0.710. The Labute approximate surface area is 133 Å². The molecule has 2 atom stereocenters. The lowest BCUT2D eigenvalue weighted by molar-refractivity contribution is -0.141. The number of thiophene rings is 1. The fourth-order valence-electron chi connectivity index (χ4n) is 2.91. The van der Waals surface area contributed by atoms with Gasteiger partial charge in [-0.2, -0.15) is 0 Å². The highest BCUT2D eigenvalue weighted by Crippen LogP contribution is 2.26. The summed E-state index contributed by atoms with van der Waals surface area (Å²) >= 11 is 1.58. The lowest BCUT2D eigenvalue weighted by atomic mass is 10.1. The second-order valence-electron chi connectivity index (χ2n) is 5.86. The Morgan fingerprint density at radius 2 is 2.00 bits per heavy atom. The van der Waals surface area contributed by atoms with Crippen LogP contribution in [0.25, 0.3) is 0 Å². The maximum absolute atomic E-state index is 12.1. The van der Waals surface area contributed by atoms with E-state index >= 15 is 0 Å². The van der Waals surface area contributed by atoms with Gasteiger partial charge in [0.2, 0.25) is 5.91 Å². The average molecular weight is 323 g/mol. The van der Waals surface area contributed by atoms with Crippen LogP contribution in [0.2, 0.25) is 0 Å². The summed E-state index contributed by atoms with van der Waals surface area (Å²) in [6.45, 7) is 3.87. The van der Waals surface area contributed by atoms with E-state index in [1.54, 1.807) is 11.3 Å². The highest BCUT2D eigenvalue weighted by atomic mass is 32.1. The quantitative estimate of drug-likeness (QED) is 0.788. The number of carboxylic acids is 1. The van der Waals surface area contributed by atoms with E-state index in [1.807, 2.05) is 19.9 Å². The first kappa shape index (κ1) is 16.7. The number of carbonyl (C=O) groups is 3. The normalized spacial score (nSPS) is 20.8. The second-order valence-corrected chi connectivity index (χ2v) is 7.32. The molecule has 22 heavy (non-hydrogen) atoms. The number of amides is 1. The van der Waals surface area contributed by atoms with Crippen molar-refractivity contribution in [3.05, 3.63) is 21.4 Å². The summed E-state index contributed by atoms with van der Waals surface area (Å²) in [6, 6.07) is 1.79. The van der Waals surface area contributed by atoms with Gasteiger partial charge in [-0.05, 0) is 39.2 Å². The van der Waals surface area contributed by atoms with E-state index in [2.05, 4.69) is 5.32 Å². The zero-order valence-electron chi connectivity index (χ0n) is 12.8. The number of carbonyl (C=O) groups excluding carboxylic acids is 2. The third-order valence-corrected chi connectivity index (χ3v) is 5.03. The molecule has 0 bridgehead atoms. The Hall–Kier alpha value is -1.69. The van der Waals surface area contributed by atoms with Gasteiger partial charge >= 0.3 is 5.97 Å². The zero-order chi connectivity index (χ0) is 16.3. The van der Waals surface area contributed by atoms with E-state index in [4.69, 9.17) is 5.11 Å². The van der Waals surface area contributed by atoms with Crippen molar-refractivity contribution in [2.24, 2.45) is 5.92 Å². The van der Waals surface area contributed by atoms with Crippen molar-refractivity contribution in [3.63, 3.8) is 0 Å². The van der Waals surface area contributed by atoms with Crippen LogP contribution >= 0.6 is 11.3 Å². The first-order valence-electron chi connectivity index (χ1n) is 7.49. The smallest absolute Gasteiger partial charge is 0.306 e. The number of Topliss-reactive ketones (excluding diaryl/α,β-unsaturated/α-hetero) is 1. The van der Waals surface area contributed by atoms with Crippen molar-refractivity contribution in [1.82, 2.24) is 5.32 Å². The maximum Gasteiger partial charge on any atom is 0.306 e. The van der Waals surface area contributed by atoms with Crippen LogP contribution in [-0.4, -0.2) is 28.8 Å². The Morgan fingerprint density at radius 1 is 1.27 bits per heavy atom. The van der Waals surface area contributed by atoms with Gasteiger partial charge in [0.05, 0.1) is 5.92 Å². The molecule has 2 rings (SSSR count). The van der Waals surface area contributed by atoms with Crippen LogP contribution in [-0.2, 0) is 9.59 Å². The first-order chi connectivity index (χ1) is 10.4. The molecule has 6 heteroatoms. The number of hydrogen-bond acceptors (Lipinski definition) is 4. The molecule has 1 aromatic rings. The van der Waals surface area contributed by atoms with Crippen LogP contribution in [0, 0.1) is 19.8 Å². The number of aliphatic carboxylic acids is 1. The summed E-state index contributed by atoms with van der Waals surface area (Å²) in [6.07, 6.45) is 2.13. The second kappa shape index (κ2) is 7.05. The van der Waals surface area contributed by atoms with Gasteiger partial charge in [0.1, 0.15) is 0 Å². The molecule has 1 aromatic heterocycles. The summed E-state index contributed by atoms with van der Waals surface area (Å²) in [5, 5.41) is 11.8. The number of rotatable bonds is 6. The van der Waals surface area contributed by atoms with Gasteiger partial charge in [-0.25, -0.2) is 0 Å². The van der Waals surface area contributed by atoms with E-state index in [0.717, 1.165) is 9.75 Å². The van der Waals surface area contributed by atoms with Gasteiger partial charge in [-0.15, -0.1) is 11.3 Å². The fourth-order valence-corrected chi connectivity index (χ4v) is 3.85.